The number of esters is 1. The molecule has 1 unspecified atom stereocenters. The Kier molecular flexibility index (Phi) is 3.56. The fourth-order valence-electron chi connectivity index (χ4n) is 2.85. The summed E-state index contributed by atoms with van der Waals surface area (Å²) < 4.78 is 15.4. The van der Waals surface area contributed by atoms with Crippen LogP contribution in [0.15, 0.2) is 18.2 Å². The number of nitrogens with zero attached hydrogens (tertiary/aromatic N) is 2. The van der Waals surface area contributed by atoms with Crippen LogP contribution in [0.25, 0.3) is 0 Å². The highest BCUT2D eigenvalue weighted by Gasteiger charge is 2.54. The summed E-state index contributed by atoms with van der Waals surface area (Å²) in [6.07, 6.45) is -1.89. The molecule has 8 nitrogen and oxygen atoms in total. The molecule has 1 saturated heterocycles. The van der Waals surface area contributed by atoms with E-state index in [4.69, 9.17) is 15.2 Å². The molecule has 23 heavy (non-hydrogen) atoms. The minimum atomic E-state index is -1.36. The van der Waals surface area contributed by atoms with Crippen molar-refractivity contribution in [3.8, 4) is 5.75 Å². The van der Waals surface area contributed by atoms with E-state index in [0.717, 1.165) is 12.2 Å². The second-order valence-corrected chi connectivity index (χ2v) is 5.77. The summed E-state index contributed by atoms with van der Waals surface area (Å²) in [5.41, 5.74) is 6.26. The quantitative estimate of drug-likeness (QED) is 0.801. The molecule has 0 aliphatic carbocycles. The molecule has 3 rings (SSSR count). The van der Waals surface area contributed by atoms with E-state index in [0.29, 0.717) is 18.0 Å². The molecule has 1 amide bonds. The number of amides is 1. The van der Waals surface area contributed by atoms with E-state index in [2.05, 4.69) is 9.64 Å². The highest BCUT2D eigenvalue weighted by Crippen LogP contribution is 2.38. The van der Waals surface area contributed by atoms with Crippen LogP contribution < -0.4 is 20.3 Å². The molecule has 1 aromatic carbocycles. The van der Waals surface area contributed by atoms with Gasteiger partial charge in [-0.2, -0.15) is 0 Å². The van der Waals surface area contributed by atoms with Crippen LogP contribution >= 0.6 is 0 Å². The molecule has 2 N–H and O–H groups in total. The fraction of sp³-hybridized carbons (Fsp3) is 0.467. The van der Waals surface area contributed by atoms with Crippen molar-refractivity contribution in [3.05, 3.63) is 18.2 Å². The third-order valence-electron chi connectivity index (χ3n) is 4.13. The summed E-state index contributed by atoms with van der Waals surface area (Å²) in [5, 5.41) is 0. The molecule has 2 aliphatic rings. The van der Waals surface area contributed by atoms with Crippen molar-refractivity contribution in [1.29, 1.82) is 0 Å². The number of hydrogen-bond donors (Lipinski definition) is 1. The highest BCUT2D eigenvalue weighted by atomic mass is 16.6. The van der Waals surface area contributed by atoms with Crippen molar-refractivity contribution in [2.75, 3.05) is 37.1 Å². The Bertz CT molecular complexity index is 661. The first-order valence-electron chi connectivity index (χ1n) is 7.22. The molecule has 0 saturated carbocycles. The summed E-state index contributed by atoms with van der Waals surface area (Å²) in [7, 11) is 3.18. The van der Waals surface area contributed by atoms with E-state index in [1.54, 1.807) is 19.1 Å². The Labute approximate surface area is 133 Å². The number of likely N-dealkylation sites (N-methyl/N-ethyl adjacent to an activating group) is 1. The Hall–Kier alpha value is -2.48. The number of fused-ring (bicyclic) bond motifs is 1. The molecule has 0 radical (unpaired) electrons. The summed E-state index contributed by atoms with van der Waals surface area (Å²) in [4.78, 5) is 27.3. The van der Waals surface area contributed by atoms with Gasteiger partial charge in [0.25, 0.3) is 0 Å². The topological polar surface area (TPSA) is 94.3 Å². The van der Waals surface area contributed by atoms with Crippen LogP contribution in [-0.2, 0) is 14.3 Å². The van der Waals surface area contributed by atoms with Crippen LogP contribution in [0.5, 0.6) is 5.75 Å². The maximum Gasteiger partial charge on any atom is 0.416 e. The normalized spacial score (nSPS) is 26.4. The van der Waals surface area contributed by atoms with Crippen molar-refractivity contribution in [1.82, 2.24) is 0 Å². The largest absolute Gasteiger partial charge is 0.489 e. The van der Waals surface area contributed by atoms with Crippen LogP contribution in [0.1, 0.15) is 6.92 Å². The number of carbonyl (C=O) groups is 2. The van der Waals surface area contributed by atoms with E-state index in [1.807, 2.05) is 13.1 Å². The zero-order chi connectivity index (χ0) is 16.8. The number of nitrogens with two attached hydrogens (primary N) is 1. The summed E-state index contributed by atoms with van der Waals surface area (Å²) >= 11 is 0. The SMILES string of the molecule is COC(=O)[C@H]1OC(=O)N(c2ccc3c(c2)OCCN3C)C1(C)N. The third kappa shape index (κ3) is 2.35. The first-order valence-corrected chi connectivity index (χ1v) is 7.22. The molecule has 0 spiro atoms. The predicted molar refractivity (Wildman–Crippen MR) is 82.6 cm³/mol. The second-order valence-electron chi connectivity index (χ2n) is 5.77. The smallest absolute Gasteiger partial charge is 0.416 e. The molecule has 2 heterocycles. The number of hydrogen-bond acceptors (Lipinski definition) is 7. The zero-order valence-electron chi connectivity index (χ0n) is 13.2. The van der Waals surface area contributed by atoms with Crippen molar-refractivity contribution in [3.63, 3.8) is 0 Å². The highest BCUT2D eigenvalue weighted by molar-refractivity contribution is 5.97. The van der Waals surface area contributed by atoms with Crippen molar-refractivity contribution in [2.24, 2.45) is 5.73 Å². The number of benzene rings is 1. The lowest BCUT2D eigenvalue weighted by Gasteiger charge is -2.32. The summed E-state index contributed by atoms with van der Waals surface area (Å²) in [5.74, 6) is -0.0406. The van der Waals surface area contributed by atoms with Gasteiger partial charge in [0.15, 0.2) is 0 Å². The minimum absolute atomic E-state index is 0.500. The van der Waals surface area contributed by atoms with Crippen molar-refractivity contribution >= 4 is 23.4 Å². The van der Waals surface area contributed by atoms with E-state index in [1.165, 1.54) is 12.0 Å². The van der Waals surface area contributed by atoms with Gasteiger partial charge in [0.2, 0.25) is 6.10 Å². The lowest BCUT2D eigenvalue weighted by Crippen LogP contribution is -2.59. The molecule has 8 heteroatoms. The Balaban J connectivity index is 1.98. The van der Waals surface area contributed by atoms with Crippen LogP contribution in [-0.4, -0.2) is 51.1 Å². The van der Waals surface area contributed by atoms with Crippen molar-refractivity contribution < 1.29 is 23.8 Å². The molecule has 1 aromatic rings. The molecule has 2 atom stereocenters. The number of cyclic esters (lactones) is 1. The number of ether oxygens (including phenoxy) is 3. The Morgan fingerprint density at radius 3 is 2.91 bits per heavy atom. The molecule has 2 aliphatic heterocycles. The van der Waals surface area contributed by atoms with Gasteiger partial charge in [0, 0.05) is 13.1 Å². The lowest BCUT2D eigenvalue weighted by molar-refractivity contribution is -0.151. The Morgan fingerprint density at radius 2 is 2.22 bits per heavy atom. The van der Waals surface area contributed by atoms with Gasteiger partial charge in [-0.05, 0) is 19.1 Å². The molecule has 124 valence electrons. The van der Waals surface area contributed by atoms with Gasteiger partial charge in [-0.15, -0.1) is 0 Å². The third-order valence-corrected chi connectivity index (χ3v) is 4.13. The number of anilines is 2. The van der Waals surface area contributed by atoms with Crippen LogP contribution in [0.4, 0.5) is 16.2 Å². The first kappa shape index (κ1) is 15.4. The average molecular weight is 321 g/mol. The number of carbonyl (C=O) groups excluding carboxylic acids is 2. The standard InChI is InChI=1S/C15H19N3O5/c1-15(16)12(13(19)21-3)23-14(20)18(15)9-4-5-10-11(8-9)22-7-6-17(10)2/h4-5,8,12H,6-7,16H2,1-3H3/t12-,15?/m1/s1. The van der Waals surface area contributed by atoms with Crippen LogP contribution in [0.3, 0.4) is 0 Å². The van der Waals surface area contributed by atoms with Crippen molar-refractivity contribution in [2.45, 2.75) is 18.7 Å². The molecule has 0 bridgehead atoms. The number of rotatable bonds is 2. The Morgan fingerprint density at radius 1 is 1.48 bits per heavy atom. The van der Waals surface area contributed by atoms with Gasteiger partial charge >= 0.3 is 12.1 Å². The van der Waals surface area contributed by atoms with Gasteiger partial charge in [-0.3, -0.25) is 4.90 Å². The van der Waals surface area contributed by atoms with E-state index >= 15 is 0 Å². The maximum absolute atomic E-state index is 12.2. The predicted octanol–water partition coefficient (Wildman–Crippen LogP) is 0.688. The summed E-state index contributed by atoms with van der Waals surface area (Å²) in [6, 6.07) is 5.31. The van der Waals surface area contributed by atoms with E-state index in [9.17, 15) is 9.59 Å². The molecular formula is C15H19N3O5. The van der Waals surface area contributed by atoms with Gasteiger partial charge in [0.05, 0.1) is 25.0 Å². The zero-order valence-corrected chi connectivity index (χ0v) is 13.2. The van der Waals surface area contributed by atoms with Gasteiger partial charge in [-0.1, -0.05) is 0 Å². The number of methoxy groups -OCH3 is 1. The van der Waals surface area contributed by atoms with Gasteiger partial charge in [-0.25, -0.2) is 9.59 Å². The maximum atomic E-state index is 12.2. The molecule has 0 aromatic heterocycles. The van der Waals surface area contributed by atoms with Crippen LogP contribution in [0, 0.1) is 0 Å². The van der Waals surface area contributed by atoms with E-state index < -0.39 is 23.8 Å². The lowest BCUT2D eigenvalue weighted by atomic mass is 10.0. The average Bonchev–Trinajstić information content (AvgIpc) is 2.75. The van der Waals surface area contributed by atoms with E-state index in [-0.39, 0.29) is 0 Å². The first-order chi connectivity index (χ1) is 10.9. The summed E-state index contributed by atoms with van der Waals surface area (Å²) in [6.45, 7) is 2.89. The monoisotopic (exact) mass is 321 g/mol. The molecular weight excluding hydrogens is 302 g/mol. The minimum Gasteiger partial charge on any atom is -0.489 e. The second kappa shape index (κ2) is 5.31. The van der Waals surface area contributed by atoms with Gasteiger partial charge in [0.1, 0.15) is 18.0 Å². The van der Waals surface area contributed by atoms with Gasteiger partial charge < -0.3 is 24.8 Å². The van der Waals surface area contributed by atoms with Crippen LogP contribution in [0.2, 0.25) is 0 Å². The fourth-order valence-corrected chi connectivity index (χ4v) is 2.85. The molecule has 1 fully saturated rings.